The summed E-state index contributed by atoms with van der Waals surface area (Å²) in [4.78, 5) is 35.1. The molecule has 2 aromatic rings. The van der Waals surface area contributed by atoms with Crippen molar-refractivity contribution in [3.05, 3.63) is 65.7 Å². The molecule has 0 atom stereocenters. The first-order valence-electron chi connectivity index (χ1n) is 7.94. The van der Waals surface area contributed by atoms with Crippen LogP contribution in [0.2, 0.25) is 0 Å². The SMILES string of the molecule is O=C(CCCC(=O)OCC(=O)c1ccc(F)cc1)Nc1ccc(F)cc1. The summed E-state index contributed by atoms with van der Waals surface area (Å²) in [5.41, 5.74) is 0.710. The van der Waals surface area contributed by atoms with Gasteiger partial charge in [0.1, 0.15) is 11.6 Å². The first-order valence-corrected chi connectivity index (χ1v) is 7.94. The minimum Gasteiger partial charge on any atom is -0.457 e. The summed E-state index contributed by atoms with van der Waals surface area (Å²) in [5, 5.41) is 2.58. The number of halogens is 2. The Kier molecular flexibility index (Phi) is 6.96. The van der Waals surface area contributed by atoms with Crippen LogP contribution >= 0.6 is 0 Å². The lowest BCUT2D eigenvalue weighted by molar-refractivity contribution is -0.142. The number of hydrogen-bond acceptors (Lipinski definition) is 4. The molecule has 0 fully saturated rings. The van der Waals surface area contributed by atoms with Crippen molar-refractivity contribution in [2.24, 2.45) is 0 Å². The molecule has 0 aliphatic carbocycles. The first-order chi connectivity index (χ1) is 12.4. The van der Waals surface area contributed by atoms with Crippen molar-refractivity contribution >= 4 is 23.3 Å². The molecular formula is C19H17F2NO4. The van der Waals surface area contributed by atoms with E-state index in [9.17, 15) is 23.2 Å². The predicted molar refractivity (Wildman–Crippen MR) is 90.6 cm³/mol. The Morgan fingerprint density at radius 3 is 2.04 bits per heavy atom. The Labute approximate surface area is 149 Å². The van der Waals surface area contributed by atoms with Crippen molar-refractivity contribution < 1.29 is 27.9 Å². The van der Waals surface area contributed by atoms with Crippen molar-refractivity contribution in [2.45, 2.75) is 19.3 Å². The molecule has 0 spiro atoms. The van der Waals surface area contributed by atoms with Crippen molar-refractivity contribution in [1.29, 1.82) is 0 Å². The van der Waals surface area contributed by atoms with Crippen LogP contribution in [0, 0.1) is 11.6 Å². The number of ketones is 1. The summed E-state index contributed by atoms with van der Waals surface area (Å²) in [7, 11) is 0. The van der Waals surface area contributed by atoms with Gasteiger partial charge in [-0.25, -0.2) is 8.78 Å². The molecule has 1 N–H and O–H groups in total. The maximum Gasteiger partial charge on any atom is 0.306 e. The largest absolute Gasteiger partial charge is 0.457 e. The van der Waals surface area contributed by atoms with E-state index in [1.807, 2.05) is 0 Å². The second kappa shape index (κ2) is 9.41. The van der Waals surface area contributed by atoms with Crippen LogP contribution in [0.5, 0.6) is 0 Å². The molecular weight excluding hydrogens is 344 g/mol. The van der Waals surface area contributed by atoms with Gasteiger partial charge in [0.25, 0.3) is 0 Å². The molecule has 2 rings (SSSR count). The number of ether oxygens (including phenoxy) is 1. The molecule has 0 saturated heterocycles. The molecule has 136 valence electrons. The van der Waals surface area contributed by atoms with E-state index in [-0.39, 0.29) is 30.7 Å². The van der Waals surface area contributed by atoms with Crippen LogP contribution in [0.15, 0.2) is 48.5 Å². The van der Waals surface area contributed by atoms with Crippen molar-refractivity contribution in [2.75, 3.05) is 11.9 Å². The van der Waals surface area contributed by atoms with Gasteiger partial charge in [-0.3, -0.25) is 14.4 Å². The van der Waals surface area contributed by atoms with Gasteiger partial charge in [-0.1, -0.05) is 0 Å². The highest BCUT2D eigenvalue weighted by molar-refractivity contribution is 5.97. The summed E-state index contributed by atoms with van der Waals surface area (Å²) < 4.78 is 30.4. The van der Waals surface area contributed by atoms with Crippen LogP contribution in [0.3, 0.4) is 0 Å². The number of esters is 1. The van der Waals surface area contributed by atoms with Gasteiger partial charge in [-0.2, -0.15) is 0 Å². The fourth-order valence-electron chi connectivity index (χ4n) is 2.09. The number of carbonyl (C=O) groups is 3. The third kappa shape index (κ3) is 6.43. The zero-order valence-electron chi connectivity index (χ0n) is 13.8. The van der Waals surface area contributed by atoms with E-state index in [1.54, 1.807) is 0 Å². The monoisotopic (exact) mass is 361 g/mol. The molecule has 0 radical (unpaired) electrons. The molecule has 5 nitrogen and oxygen atoms in total. The molecule has 0 aliphatic heterocycles. The normalized spacial score (nSPS) is 10.2. The zero-order valence-corrected chi connectivity index (χ0v) is 13.8. The quantitative estimate of drug-likeness (QED) is 0.577. The van der Waals surface area contributed by atoms with E-state index in [0.717, 1.165) is 12.1 Å². The number of hydrogen-bond donors (Lipinski definition) is 1. The third-order valence-electron chi connectivity index (χ3n) is 3.44. The van der Waals surface area contributed by atoms with E-state index >= 15 is 0 Å². The van der Waals surface area contributed by atoms with Crippen LogP contribution in [0.4, 0.5) is 14.5 Å². The average molecular weight is 361 g/mol. The number of benzene rings is 2. The maximum absolute atomic E-state index is 12.8. The van der Waals surface area contributed by atoms with Gasteiger partial charge in [-0.05, 0) is 55.0 Å². The lowest BCUT2D eigenvalue weighted by Crippen LogP contribution is -2.15. The fourth-order valence-corrected chi connectivity index (χ4v) is 2.09. The topological polar surface area (TPSA) is 72.5 Å². The number of amides is 1. The van der Waals surface area contributed by atoms with E-state index in [4.69, 9.17) is 4.74 Å². The standard InChI is InChI=1S/C19H17F2NO4/c20-14-6-4-13(5-7-14)17(23)12-26-19(25)3-1-2-18(24)22-16-10-8-15(21)9-11-16/h4-11H,1-3,12H2,(H,22,24). The Balaban J connectivity index is 1.65. The molecule has 0 saturated carbocycles. The summed E-state index contributed by atoms with van der Waals surface area (Å²) in [5.74, 6) is -2.22. The van der Waals surface area contributed by atoms with Gasteiger partial charge in [0.2, 0.25) is 5.91 Å². The molecule has 2 aromatic carbocycles. The van der Waals surface area contributed by atoms with Crippen LogP contribution in [0.1, 0.15) is 29.6 Å². The summed E-state index contributed by atoms with van der Waals surface area (Å²) in [6.07, 6.45) is 0.308. The molecule has 0 unspecified atom stereocenters. The Morgan fingerprint density at radius 1 is 0.846 bits per heavy atom. The van der Waals surface area contributed by atoms with Gasteiger partial charge in [-0.15, -0.1) is 0 Å². The number of rotatable bonds is 8. The number of anilines is 1. The number of nitrogens with one attached hydrogen (secondary N) is 1. The second-order valence-corrected chi connectivity index (χ2v) is 5.50. The third-order valence-corrected chi connectivity index (χ3v) is 3.44. The Morgan fingerprint density at radius 2 is 1.42 bits per heavy atom. The van der Waals surface area contributed by atoms with Crippen molar-refractivity contribution in [3.63, 3.8) is 0 Å². The second-order valence-electron chi connectivity index (χ2n) is 5.50. The zero-order chi connectivity index (χ0) is 18.9. The Hall–Kier alpha value is -3.09. The highest BCUT2D eigenvalue weighted by Gasteiger charge is 2.11. The predicted octanol–water partition coefficient (Wildman–Crippen LogP) is 3.50. The number of carbonyl (C=O) groups excluding carboxylic acids is 3. The van der Waals surface area contributed by atoms with E-state index in [2.05, 4.69) is 5.32 Å². The van der Waals surface area contributed by atoms with Crippen LogP contribution < -0.4 is 5.32 Å². The molecule has 0 aromatic heterocycles. The van der Waals surface area contributed by atoms with Crippen molar-refractivity contribution in [3.8, 4) is 0 Å². The lowest BCUT2D eigenvalue weighted by Gasteiger charge is -2.06. The van der Waals surface area contributed by atoms with E-state index in [0.29, 0.717) is 5.69 Å². The van der Waals surface area contributed by atoms with Gasteiger partial charge in [0, 0.05) is 24.1 Å². The summed E-state index contributed by atoms with van der Waals surface area (Å²) in [6, 6.07) is 10.2. The van der Waals surface area contributed by atoms with E-state index < -0.39 is 30.0 Å². The highest BCUT2D eigenvalue weighted by Crippen LogP contribution is 2.10. The number of Topliss-reactive ketones (excluding diaryl/α,β-unsaturated/α-hetero) is 1. The van der Waals surface area contributed by atoms with Crippen LogP contribution in [-0.2, 0) is 14.3 Å². The summed E-state index contributed by atoms with van der Waals surface area (Å²) in [6.45, 7) is -0.438. The van der Waals surface area contributed by atoms with Gasteiger partial charge < -0.3 is 10.1 Å². The minimum absolute atomic E-state index is 0.0203. The van der Waals surface area contributed by atoms with Gasteiger partial charge >= 0.3 is 5.97 Å². The highest BCUT2D eigenvalue weighted by atomic mass is 19.1. The average Bonchev–Trinajstić information content (AvgIpc) is 2.62. The molecule has 0 bridgehead atoms. The maximum atomic E-state index is 12.8. The van der Waals surface area contributed by atoms with E-state index in [1.165, 1.54) is 36.4 Å². The molecule has 7 heteroatoms. The molecule has 26 heavy (non-hydrogen) atoms. The molecule has 0 heterocycles. The molecule has 1 amide bonds. The minimum atomic E-state index is -0.602. The smallest absolute Gasteiger partial charge is 0.306 e. The summed E-state index contributed by atoms with van der Waals surface area (Å²) >= 11 is 0. The Bertz CT molecular complexity index is 773. The first kappa shape index (κ1) is 19.2. The van der Waals surface area contributed by atoms with Crippen LogP contribution in [0.25, 0.3) is 0 Å². The van der Waals surface area contributed by atoms with Crippen molar-refractivity contribution in [1.82, 2.24) is 0 Å². The fraction of sp³-hybridized carbons (Fsp3) is 0.211. The molecule has 0 aliphatic rings. The van der Waals surface area contributed by atoms with Crippen LogP contribution in [-0.4, -0.2) is 24.3 Å². The van der Waals surface area contributed by atoms with Gasteiger partial charge in [0.15, 0.2) is 12.4 Å². The lowest BCUT2D eigenvalue weighted by atomic mass is 10.1. The van der Waals surface area contributed by atoms with Gasteiger partial charge in [0.05, 0.1) is 0 Å².